The minimum Gasteiger partial charge on any atom is -0.358 e. The molecule has 0 aliphatic carbocycles. The fourth-order valence-electron chi connectivity index (χ4n) is 3.74. The molecule has 0 unspecified atom stereocenters. The van der Waals surface area contributed by atoms with E-state index in [2.05, 4.69) is 10.2 Å². The van der Waals surface area contributed by atoms with Gasteiger partial charge in [0.1, 0.15) is 6.54 Å². The normalized spacial score (nSPS) is 10.9. The molecule has 0 saturated carbocycles. The van der Waals surface area contributed by atoms with E-state index in [1.807, 2.05) is 30.3 Å². The van der Waals surface area contributed by atoms with Crippen LogP contribution in [-0.2, 0) is 19.5 Å². The molecule has 4 aromatic rings. The lowest BCUT2D eigenvalue weighted by molar-refractivity contribution is -0.392. The van der Waals surface area contributed by atoms with Crippen LogP contribution in [0.4, 0.5) is 5.82 Å². The highest BCUT2D eigenvalue weighted by atomic mass is 16.6. The summed E-state index contributed by atoms with van der Waals surface area (Å²) in [5.74, 6) is -0.0698. The predicted octanol–water partition coefficient (Wildman–Crippen LogP) is 3.82. The number of ketones is 1. The topological polar surface area (TPSA) is 113 Å². The molecule has 34 heavy (non-hydrogen) atoms. The van der Waals surface area contributed by atoms with Crippen molar-refractivity contribution in [2.75, 3.05) is 0 Å². The van der Waals surface area contributed by atoms with E-state index in [1.54, 1.807) is 31.2 Å². The monoisotopic (exact) mass is 457 g/mol. The van der Waals surface area contributed by atoms with E-state index in [1.165, 1.54) is 28.4 Å². The average molecular weight is 457 g/mol. The van der Waals surface area contributed by atoms with Crippen LogP contribution < -0.4 is 5.56 Å². The number of rotatable bonds is 8. The highest BCUT2D eigenvalue weighted by Crippen LogP contribution is 2.19. The smallest absolute Gasteiger partial charge is 0.345 e. The van der Waals surface area contributed by atoms with Gasteiger partial charge in [-0.1, -0.05) is 41.5 Å². The first-order valence-corrected chi connectivity index (χ1v) is 10.8. The number of aromatic nitrogens is 4. The molecule has 2 aromatic carbocycles. The Morgan fingerprint density at radius 1 is 0.971 bits per heavy atom. The summed E-state index contributed by atoms with van der Waals surface area (Å²) in [4.78, 5) is 34.9. The molecule has 0 radical (unpaired) electrons. The average Bonchev–Trinajstić information content (AvgIpc) is 3.20. The highest BCUT2D eigenvalue weighted by molar-refractivity contribution is 5.94. The van der Waals surface area contributed by atoms with Crippen LogP contribution in [0.3, 0.4) is 0 Å². The largest absolute Gasteiger partial charge is 0.358 e. The van der Waals surface area contributed by atoms with Crippen LogP contribution in [0.2, 0.25) is 0 Å². The molecule has 0 aliphatic rings. The van der Waals surface area contributed by atoms with Gasteiger partial charge >= 0.3 is 5.82 Å². The molecule has 0 amide bonds. The van der Waals surface area contributed by atoms with Crippen LogP contribution in [0.1, 0.15) is 34.1 Å². The van der Waals surface area contributed by atoms with Crippen molar-refractivity contribution < 1.29 is 9.72 Å². The van der Waals surface area contributed by atoms with E-state index in [0.717, 1.165) is 16.7 Å². The molecule has 0 atom stereocenters. The molecular weight excluding hydrogens is 434 g/mol. The molecule has 0 fully saturated rings. The first kappa shape index (κ1) is 22.8. The Labute approximate surface area is 195 Å². The Morgan fingerprint density at radius 2 is 1.74 bits per heavy atom. The van der Waals surface area contributed by atoms with E-state index in [4.69, 9.17) is 0 Å². The first-order valence-electron chi connectivity index (χ1n) is 10.8. The van der Waals surface area contributed by atoms with Crippen LogP contribution >= 0.6 is 0 Å². The van der Waals surface area contributed by atoms with Crippen LogP contribution in [-0.4, -0.2) is 30.3 Å². The fraction of sp³-hybridized carbons (Fsp3) is 0.200. The van der Waals surface area contributed by atoms with Gasteiger partial charge in [-0.2, -0.15) is 5.10 Å². The third-order valence-corrected chi connectivity index (χ3v) is 5.44. The lowest BCUT2D eigenvalue weighted by atomic mass is 10.1. The molecule has 9 heteroatoms. The maximum Gasteiger partial charge on any atom is 0.345 e. The SMILES string of the molecule is CC(=O)c1cccc(Cn2nc(-c3cccc(CCn4nc(C)cc4[N+](=O)[O-])c3)ccc2=O)c1. The maximum absolute atomic E-state index is 12.4. The van der Waals surface area contributed by atoms with Gasteiger partial charge in [0.05, 0.1) is 24.0 Å². The van der Waals surface area contributed by atoms with Gasteiger partial charge in [-0.25, -0.2) is 4.68 Å². The van der Waals surface area contributed by atoms with E-state index in [0.29, 0.717) is 29.9 Å². The van der Waals surface area contributed by atoms with Gasteiger partial charge in [-0.15, -0.1) is 4.68 Å². The van der Waals surface area contributed by atoms with Crippen LogP contribution in [0.5, 0.6) is 0 Å². The van der Waals surface area contributed by atoms with Crippen molar-refractivity contribution in [3.05, 3.63) is 110 Å². The van der Waals surface area contributed by atoms with Crippen molar-refractivity contribution in [2.24, 2.45) is 0 Å². The molecule has 0 aliphatic heterocycles. The van der Waals surface area contributed by atoms with E-state index < -0.39 is 4.92 Å². The molecule has 4 rings (SSSR count). The zero-order valence-corrected chi connectivity index (χ0v) is 18.8. The maximum atomic E-state index is 12.4. The van der Waals surface area contributed by atoms with Crippen molar-refractivity contribution in [3.63, 3.8) is 0 Å². The Hall–Kier alpha value is -4.40. The number of Topliss-reactive ketones (excluding diaryl/α,β-unsaturated/α-hetero) is 1. The number of hydrogen-bond acceptors (Lipinski definition) is 6. The second-order valence-corrected chi connectivity index (χ2v) is 8.05. The minimum atomic E-state index is -0.435. The van der Waals surface area contributed by atoms with Crippen LogP contribution in [0.25, 0.3) is 11.3 Å². The number of aryl methyl sites for hydroxylation is 3. The Morgan fingerprint density at radius 3 is 2.50 bits per heavy atom. The van der Waals surface area contributed by atoms with Crippen molar-refractivity contribution in [3.8, 4) is 11.3 Å². The summed E-state index contributed by atoms with van der Waals surface area (Å²) in [5, 5.41) is 20.0. The second kappa shape index (κ2) is 9.62. The Bertz CT molecular complexity index is 1440. The predicted molar refractivity (Wildman–Crippen MR) is 127 cm³/mol. The zero-order chi connectivity index (χ0) is 24.2. The summed E-state index contributed by atoms with van der Waals surface area (Å²) in [5.41, 5.74) is 4.18. The summed E-state index contributed by atoms with van der Waals surface area (Å²) in [6.07, 6.45) is 0.549. The molecule has 2 aromatic heterocycles. The van der Waals surface area contributed by atoms with E-state index in [9.17, 15) is 19.7 Å². The number of nitro groups is 1. The molecule has 0 bridgehead atoms. The number of nitrogens with zero attached hydrogens (tertiary/aromatic N) is 5. The minimum absolute atomic E-state index is 0.0313. The van der Waals surface area contributed by atoms with Gasteiger partial charge in [0.25, 0.3) is 5.56 Å². The molecule has 0 N–H and O–H groups in total. The summed E-state index contributed by atoms with van der Waals surface area (Å²) in [7, 11) is 0. The quantitative estimate of drug-likeness (QED) is 0.226. The Balaban J connectivity index is 1.56. The van der Waals surface area contributed by atoms with E-state index >= 15 is 0 Å². The molecule has 0 saturated heterocycles. The van der Waals surface area contributed by atoms with Crippen LogP contribution in [0, 0.1) is 17.0 Å². The number of carbonyl (C=O) groups is 1. The zero-order valence-electron chi connectivity index (χ0n) is 18.8. The number of hydrogen-bond donors (Lipinski definition) is 0. The van der Waals surface area contributed by atoms with Crippen LogP contribution in [0.15, 0.2) is 71.5 Å². The van der Waals surface area contributed by atoms with Crippen molar-refractivity contribution in [1.29, 1.82) is 0 Å². The summed E-state index contributed by atoms with van der Waals surface area (Å²) < 4.78 is 2.77. The molecule has 2 heterocycles. The van der Waals surface area contributed by atoms with Crippen molar-refractivity contribution >= 4 is 11.6 Å². The van der Waals surface area contributed by atoms with Crippen molar-refractivity contribution in [2.45, 2.75) is 33.4 Å². The van der Waals surface area contributed by atoms with Gasteiger partial charge in [0.2, 0.25) is 0 Å². The van der Waals surface area contributed by atoms with Gasteiger partial charge in [-0.3, -0.25) is 9.59 Å². The third kappa shape index (κ3) is 5.15. The highest BCUT2D eigenvalue weighted by Gasteiger charge is 2.16. The summed E-state index contributed by atoms with van der Waals surface area (Å²) in [6.45, 7) is 3.84. The lowest BCUT2D eigenvalue weighted by Crippen LogP contribution is -2.23. The summed E-state index contributed by atoms with van der Waals surface area (Å²) >= 11 is 0. The molecule has 0 spiro atoms. The van der Waals surface area contributed by atoms with Gasteiger partial charge in [0, 0.05) is 23.6 Å². The standard InChI is InChI=1S/C25H23N5O4/c1-17-13-24(30(33)34)28(26-17)12-11-19-5-3-8-22(14-19)23-9-10-25(32)29(27-23)16-20-6-4-7-21(15-20)18(2)31/h3-10,13-15H,11-12,16H2,1-2H3. The molecule has 9 nitrogen and oxygen atoms in total. The van der Waals surface area contributed by atoms with Gasteiger partial charge in [-0.05, 0) is 48.1 Å². The lowest BCUT2D eigenvalue weighted by Gasteiger charge is -2.09. The first-order chi connectivity index (χ1) is 16.3. The Kier molecular flexibility index (Phi) is 6.44. The number of carbonyl (C=O) groups excluding carboxylic acids is 1. The fourth-order valence-corrected chi connectivity index (χ4v) is 3.74. The van der Waals surface area contributed by atoms with Crippen molar-refractivity contribution in [1.82, 2.24) is 19.6 Å². The van der Waals surface area contributed by atoms with Gasteiger partial charge in [0.15, 0.2) is 5.78 Å². The van der Waals surface area contributed by atoms with E-state index in [-0.39, 0.29) is 23.7 Å². The van der Waals surface area contributed by atoms with Gasteiger partial charge < -0.3 is 10.1 Å². The third-order valence-electron chi connectivity index (χ3n) is 5.44. The molecular formula is C25H23N5O4. The molecule has 172 valence electrons. The number of benzene rings is 2. The summed E-state index contributed by atoms with van der Waals surface area (Å²) in [6, 6.07) is 19.4. The second-order valence-electron chi connectivity index (χ2n) is 8.05.